The topological polar surface area (TPSA) is 122 Å². The number of unbranched alkanes of at least 4 members (excludes halogenated alkanes) is 2. The number of carbonyl (C=O) groups is 1. The van der Waals surface area contributed by atoms with E-state index in [1.54, 1.807) is 6.92 Å². The van der Waals surface area contributed by atoms with E-state index in [1.165, 1.54) is 0 Å². The van der Waals surface area contributed by atoms with E-state index in [1.807, 2.05) is 0 Å². The van der Waals surface area contributed by atoms with Gasteiger partial charge >= 0.3 is 59.7 Å². The molecule has 0 atom stereocenters. The molecule has 264 valence electrons. The fourth-order valence-corrected chi connectivity index (χ4v) is 3.29. The number of benzene rings is 1. The van der Waals surface area contributed by atoms with E-state index in [0.29, 0.717) is 18.9 Å². The number of ether oxygens (including phenoxy) is 2. The maximum absolute atomic E-state index is 14.0. The molecule has 0 aliphatic carbocycles. The van der Waals surface area contributed by atoms with Crippen molar-refractivity contribution in [3.63, 3.8) is 0 Å². The number of halogens is 16. The van der Waals surface area contributed by atoms with E-state index in [0.717, 1.165) is 0 Å². The van der Waals surface area contributed by atoms with Crippen molar-refractivity contribution in [1.29, 1.82) is 0 Å². The smallest absolute Gasteiger partial charge is 0.427 e. The molecule has 0 saturated heterocycles. The van der Waals surface area contributed by atoms with E-state index in [4.69, 9.17) is 0 Å². The lowest BCUT2D eigenvalue weighted by atomic mass is 9.89. The highest BCUT2D eigenvalue weighted by Crippen LogP contribution is 2.62. The molecule has 1 aromatic rings. The second-order valence-electron chi connectivity index (χ2n) is 9.07. The average molecular weight is 712 g/mol. The number of aryl methyl sites for hydroxylation is 1. The summed E-state index contributed by atoms with van der Waals surface area (Å²) in [5.41, 5.74) is -3.04. The fraction of sp³-hybridized carbons (Fsp3) is 0.667. The zero-order chi connectivity index (χ0) is 36.5. The van der Waals surface area contributed by atoms with Crippen molar-refractivity contribution in [2.24, 2.45) is 0 Å². The zero-order valence-electron chi connectivity index (χ0n) is 22.1. The Labute approximate surface area is 243 Å². The van der Waals surface area contributed by atoms with E-state index in [2.05, 4.69) is 9.47 Å². The van der Waals surface area contributed by atoms with E-state index >= 15 is 0 Å². The van der Waals surface area contributed by atoms with Crippen LogP contribution in [0.15, 0.2) is 12.1 Å². The molecule has 0 amide bonds. The standard InChI is InChI=1S/C21H16F16N2O7/c1-2-3-4-5-9-6-10(38(41)42)7-11(39(43)44)12(9)46-14(40)45-8-15(24,25)17(28,29)19(32,33)21(36,37)20(34,35)18(30,31)16(26,27)13(22)23/h6-7,13H,2-5,8H2,1H3. The van der Waals surface area contributed by atoms with Crippen molar-refractivity contribution in [1.82, 2.24) is 0 Å². The van der Waals surface area contributed by atoms with Crippen LogP contribution in [0.25, 0.3) is 0 Å². The summed E-state index contributed by atoms with van der Waals surface area (Å²) in [7, 11) is 0. The van der Waals surface area contributed by atoms with Crippen LogP contribution in [0.1, 0.15) is 31.7 Å². The fourth-order valence-electron chi connectivity index (χ4n) is 3.29. The Hall–Kier alpha value is -3.83. The Bertz CT molecular complexity index is 1310. The number of hydrogen-bond donors (Lipinski definition) is 0. The highest BCUT2D eigenvalue weighted by molar-refractivity contribution is 5.69. The lowest BCUT2D eigenvalue weighted by Crippen LogP contribution is -2.74. The van der Waals surface area contributed by atoms with Gasteiger partial charge in [-0.3, -0.25) is 20.2 Å². The number of carbonyl (C=O) groups excluding carboxylic acids is 1. The van der Waals surface area contributed by atoms with Gasteiger partial charge in [-0.15, -0.1) is 0 Å². The van der Waals surface area contributed by atoms with Gasteiger partial charge in [-0.05, 0) is 12.8 Å². The number of rotatable bonds is 16. The first-order valence-electron chi connectivity index (χ1n) is 11.7. The summed E-state index contributed by atoms with van der Waals surface area (Å²) >= 11 is 0. The van der Waals surface area contributed by atoms with Crippen molar-refractivity contribution < 1.29 is 94.4 Å². The Kier molecular flexibility index (Phi) is 11.5. The van der Waals surface area contributed by atoms with Crippen LogP contribution in [0.5, 0.6) is 5.75 Å². The van der Waals surface area contributed by atoms with Crippen molar-refractivity contribution in [2.45, 2.75) is 80.5 Å². The molecule has 9 nitrogen and oxygen atoms in total. The van der Waals surface area contributed by atoms with Gasteiger partial charge < -0.3 is 9.47 Å². The Morgan fingerprint density at radius 3 is 1.67 bits per heavy atom. The van der Waals surface area contributed by atoms with Gasteiger partial charge in [0.05, 0.1) is 15.9 Å². The van der Waals surface area contributed by atoms with Gasteiger partial charge in [-0.1, -0.05) is 19.8 Å². The van der Waals surface area contributed by atoms with Gasteiger partial charge in [0.2, 0.25) is 5.75 Å². The maximum Gasteiger partial charge on any atom is 0.514 e. The van der Waals surface area contributed by atoms with Crippen molar-refractivity contribution in [3.8, 4) is 5.75 Å². The average Bonchev–Trinajstić information content (AvgIpc) is 2.91. The summed E-state index contributed by atoms with van der Waals surface area (Å²) in [6.07, 6.45) is -8.32. The van der Waals surface area contributed by atoms with E-state index < -0.39 is 99.6 Å². The third kappa shape index (κ3) is 6.80. The zero-order valence-corrected chi connectivity index (χ0v) is 22.1. The van der Waals surface area contributed by atoms with E-state index in [9.17, 15) is 95.3 Å². The molecule has 1 rings (SSSR count). The monoisotopic (exact) mass is 712 g/mol. The van der Waals surface area contributed by atoms with Gasteiger partial charge in [0.1, 0.15) is 0 Å². The molecule has 0 radical (unpaired) electrons. The number of non-ortho nitro benzene ring substituents is 1. The molecule has 0 bridgehead atoms. The number of nitrogens with zero attached hydrogens (tertiary/aromatic N) is 2. The quantitative estimate of drug-likeness (QED) is 0.0421. The molecule has 46 heavy (non-hydrogen) atoms. The lowest BCUT2D eigenvalue weighted by Gasteiger charge is -2.42. The predicted octanol–water partition coefficient (Wildman–Crippen LogP) is 8.46. The van der Waals surface area contributed by atoms with Gasteiger partial charge in [0.15, 0.2) is 6.61 Å². The first-order valence-corrected chi connectivity index (χ1v) is 11.7. The van der Waals surface area contributed by atoms with Gasteiger partial charge in [-0.25, -0.2) is 13.6 Å². The summed E-state index contributed by atoms with van der Waals surface area (Å²) in [5, 5.41) is 22.4. The molecule has 0 saturated carbocycles. The Morgan fingerprint density at radius 1 is 0.761 bits per heavy atom. The summed E-state index contributed by atoms with van der Waals surface area (Å²) in [5.74, 6) is -58.0. The molecule has 1 aromatic carbocycles. The van der Waals surface area contributed by atoms with Crippen LogP contribution in [-0.4, -0.2) is 70.5 Å². The Balaban J connectivity index is 3.45. The number of alkyl halides is 16. The summed E-state index contributed by atoms with van der Waals surface area (Å²) in [4.78, 5) is 31.7. The van der Waals surface area contributed by atoms with Gasteiger partial charge in [-0.2, -0.15) is 61.5 Å². The maximum atomic E-state index is 14.0. The van der Waals surface area contributed by atoms with Crippen LogP contribution >= 0.6 is 0 Å². The molecule has 0 heterocycles. The molecule has 0 unspecified atom stereocenters. The molecule has 0 fully saturated rings. The molecule has 0 aliphatic rings. The first kappa shape index (κ1) is 40.2. The van der Waals surface area contributed by atoms with Gasteiger partial charge in [0, 0.05) is 11.6 Å². The van der Waals surface area contributed by atoms with Crippen molar-refractivity contribution in [3.05, 3.63) is 37.9 Å². The van der Waals surface area contributed by atoms with Crippen molar-refractivity contribution in [2.75, 3.05) is 6.61 Å². The highest BCUT2D eigenvalue weighted by Gasteiger charge is 2.93. The Morgan fingerprint density at radius 2 is 1.24 bits per heavy atom. The summed E-state index contributed by atoms with van der Waals surface area (Å²) < 4.78 is 223. The minimum Gasteiger partial charge on any atom is -0.427 e. The SMILES string of the molecule is CCCCCc1cc([N+](=O)[O-])cc([N+](=O)[O-])c1OC(=O)OCC(F)(F)C(F)(F)C(F)(F)C(F)(F)C(F)(F)C(F)(F)C(F)(F)C(F)F. The largest absolute Gasteiger partial charge is 0.514 e. The summed E-state index contributed by atoms with van der Waals surface area (Å²) in [6, 6.07) is 0.703. The normalized spacial score (nSPS) is 14.0. The molecular formula is C21H16F16N2O7. The second kappa shape index (κ2) is 13.1. The minimum atomic E-state index is -8.66. The van der Waals surface area contributed by atoms with Crippen molar-refractivity contribution >= 4 is 17.5 Å². The molecule has 0 aliphatic heterocycles. The van der Waals surface area contributed by atoms with Crippen LogP contribution in [0.4, 0.5) is 86.4 Å². The minimum absolute atomic E-state index is 0.0563. The highest BCUT2D eigenvalue weighted by atomic mass is 19.4. The van der Waals surface area contributed by atoms with E-state index in [-0.39, 0.29) is 12.5 Å². The molecule has 0 aromatic heterocycles. The van der Waals surface area contributed by atoms with Crippen LogP contribution < -0.4 is 4.74 Å². The van der Waals surface area contributed by atoms with Crippen LogP contribution in [0.3, 0.4) is 0 Å². The summed E-state index contributed by atoms with van der Waals surface area (Å²) in [6.45, 7) is -1.96. The lowest BCUT2D eigenvalue weighted by molar-refractivity contribution is -0.447. The molecule has 0 spiro atoms. The number of hydrogen-bond acceptors (Lipinski definition) is 7. The third-order valence-corrected chi connectivity index (χ3v) is 5.87. The second-order valence-corrected chi connectivity index (χ2v) is 9.07. The molecule has 0 N–H and O–H groups in total. The van der Waals surface area contributed by atoms with Crippen LogP contribution in [0.2, 0.25) is 0 Å². The first-order chi connectivity index (χ1) is 20.5. The number of nitro benzene ring substituents is 2. The molecule has 25 heteroatoms. The third-order valence-electron chi connectivity index (χ3n) is 5.87. The van der Waals surface area contributed by atoms with Crippen LogP contribution in [0, 0.1) is 20.2 Å². The number of nitro groups is 2. The predicted molar refractivity (Wildman–Crippen MR) is 116 cm³/mol. The van der Waals surface area contributed by atoms with Crippen LogP contribution in [-0.2, 0) is 11.2 Å². The van der Waals surface area contributed by atoms with Gasteiger partial charge in [0.25, 0.3) is 5.69 Å². The molecular weight excluding hydrogens is 696 g/mol.